The molecule has 2 aromatic rings. The van der Waals surface area contributed by atoms with Crippen LogP contribution in [0.1, 0.15) is 12.5 Å². The predicted octanol–water partition coefficient (Wildman–Crippen LogP) is 2.57. The van der Waals surface area contributed by atoms with Crippen LogP contribution < -0.4 is 20.7 Å². The predicted molar refractivity (Wildman–Crippen MR) is 112 cm³/mol. The third-order valence-corrected chi connectivity index (χ3v) is 5.13. The lowest BCUT2D eigenvalue weighted by Gasteiger charge is -2.22. The molecule has 156 valence electrons. The first-order valence-electron chi connectivity index (χ1n) is 8.88. The normalized spacial score (nSPS) is 18.0. The molecule has 2 aromatic carbocycles. The first-order chi connectivity index (χ1) is 14.2. The molecule has 0 radical (unpaired) electrons. The molecular weight excluding hydrogens is 456 g/mol. The molecule has 3 N–H and O–H groups in total. The summed E-state index contributed by atoms with van der Waals surface area (Å²) in [6, 6.07) is 11.9. The van der Waals surface area contributed by atoms with Gasteiger partial charge in [-0.3, -0.25) is 19.8 Å². The second-order valence-electron chi connectivity index (χ2n) is 6.68. The summed E-state index contributed by atoms with van der Waals surface area (Å²) in [6.45, 7) is 0.956. The van der Waals surface area contributed by atoms with Crippen LogP contribution in [0.4, 0.5) is 15.3 Å². The number of imide groups is 2. The van der Waals surface area contributed by atoms with Crippen molar-refractivity contribution in [3.63, 3.8) is 0 Å². The van der Waals surface area contributed by atoms with Crippen LogP contribution >= 0.6 is 15.9 Å². The van der Waals surface area contributed by atoms with Crippen molar-refractivity contribution in [2.24, 2.45) is 0 Å². The number of ether oxygens (including phenoxy) is 1. The van der Waals surface area contributed by atoms with Crippen LogP contribution in [0.2, 0.25) is 0 Å². The minimum atomic E-state index is -1.33. The highest BCUT2D eigenvalue weighted by Crippen LogP contribution is 2.29. The first-order valence-corrected chi connectivity index (χ1v) is 9.67. The number of carbonyl (C=O) groups excluding carboxylic acids is 4. The van der Waals surface area contributed by atoms with Gasteiger partial charge in [0.05, 0.1) is 7.11 Å². The lowest BCUT2D eigenvalue weighted by molar-refractivity contribution is -0.134. The molecule has 1 aliphatic rings. The van der Waals surface area contributed by atoms with Gasteiger partial charge in [-0.25, -0.2) is 9.59 Å². The Bertz CT molecular complexity index is 993. The topological polar surface area (TPSA) is 117 Å². The van der Waals surface area contributed by atoms with Crippen LogP contribution in [0, 0.1) is 0 Å². The molecule has 3 rings (SSSR count). The quantitative estimate of drug-likeness (QED) is 0.575. The SMILES string of the molecule is COc1ccc(C2(C)NC(=O)N(CC(=O)NC(=O)Nc3ccc(Br)cc3)C2=O)cc1. The summed E-state index contributed by atoms with van der Waals surface area (Å²) in [4.78, 5) is 50.1. The highest BCUT2D eigenvalue weighted by molar-refractivity contribution is 9.10. The fourth-order valence-corrected chi connectivity index (χ4v) is 3.23. The largest absolute Gasteiger partial charge is 0.497 e. The molecule has 1 aliphatic heterocycles. The lowest BCUT2D eigenvalue weighted by Crippen LogP contribution is -2.45. The Morgan fingerprint density at radius 1 is 1.10 bits per heavy atom. The van der Waals surface area contributed by atoms with Crippen molar-refractivity contribution in [2.45, 2.75) is 12.5 Å². The lowest BCUT2D eigenvalue weighted by atomic mass is 9.92. The van der Waals surface area contributed by atoms with Gasteiger partial charge in [0.1, 0.15) is 17.8 Å². The molecule has 6 amide bonds. The van der Waals surface area contributed by atoms with E-state index < -0.39 is 36.0 Å². The van der Waals surface area contributed by atoms with E-state index in [2.05, 4.69) is 31.9 Å². The standard InChI is InChI=1S/C20H19BrN4O5/c1-20(12-3-9-15(30-2)10-4-12)17(27)25(19(29)24-20)11-16(26)23-18(28)22-14-7-5-13(21)6-8-14/h3-10H,11H2,1-2H3,(H,24,29)(H2,22,23,26,28). The number of methoxy groups -OCH3 is 1. The van der Waals surface area contributed by atoms with Crippen LogP contribution in [0.3, 0.4) is 0 Å². The smallest absolute Gasteiger partial charge is 0.325 e. The Balaban J connectivity index is 1.63. The van der Waals surface area contributed by atoms with Gasteiger partial charge in [-0.1, -0.05) is 28.1 Å². The molecule has 10 heteroatoms. The maximum absolute atomic E-state index is 12.9. The van der Waals surface area contributed by atoms with Gasteiger partial charge in [-0.15, -0.1) is 0 Å². The zero-order valence-electron chi connectivity index (χ0n) is 16.2. The van der Waals surface area contributed by atoms with E-state index in [4.69, 9.17) is 4.74 Å². The van der Waals surface area contributed by atoms with Crippen LogP contribution in [0.5, 0.6) is 5.75 Å². The first kappa shape index (κ1) is 21.3. The number of hydrogen-bond donors (Lipinski definition) is 3. The number of benzene rings is 2. The molecule has 9 nitrogen and oxygen atoms in total. The summed E-state index contributed by atoms with van der Waals surface area (Å²) in [5, 5.41) is 7.19. The number of anilines is 1. The summed E-state index contributed by atoms with van der Waals surface area (Å²) in [5.41, 5.74) is -0.313. The van der Waals surface area contributed by atoms with Crippen molar-refractivity contribution in [3.05, 3.63) is 58.6 Å². The fraction of sp³-hybridized carbons (Fsp3) is 0.200. The van der Waals surface area contributed by atoms with Gasteiger partial charge in [-0.2, -0.15) is 0 Å². The van der Waals surface area contributed by atoms with E-state index in [1.807, 2.05) is 0 Å². The Labute approximate surface area is 180 Å². The molecule has 0 aromatic heterocycles. The molecule has 1 heterocycles. The van der Waals surface area contributed by atoms with E-state index in [-0.39, 0.29) is 0 Å². The number of nitrogens with zero attached hydrogens (tertiary/aromatic N) is 1. The molecule has 0 bridgehead atoms. The summed E-state index contributed by atoms with van der Waals surface area (Å²) < 4.78 is 5.93. The van der Waals surface area contributed by atoms with Crippen LogP contribution in [0.25, 0.3) is 0 Å². The Morgan fingerprint density at radius 2 is 1.73 bits per heavy atom. The number of amides is 6. The van der Waals surface area contributed by atoms with Gasteiger partial charge in [0.25, 0.3) is 5.91 Å². The molecule has 1 fully saturated rings. The van der Waals surface area contributed by atoms with E-state index in [1.165, 1.54) is 7.11 Å². The van der Waals surface area contributed by atoms with Gasteiger partial charge < -0.3 is 15.4 Å². The van der Waals surface area contributed by atoms with E-state index in [0.717, 1.165) is 9.37 Å². The van der Waals surface area contributed by atoms with Crippen molar-refractivity contribution >= 4 is 45.5 Å². The minimum Gasteiger partial charge on any atom is -0.497 e. The van der Waals surface area contributed by atoms with E-state index in [0.29, 0.717) is 17.0 Å². The van der Waals surface area contributed by atoms with E-state index in [1.54, 1.807) is 55.5 Å². The maximum Gasteiger partial charge on any atom is 0.325 e. The molecule has 1 saturated heterocycles. The van der Waals surface area contributed by atoms with Crippen molar-refractivity contribution in [1.82, 2.24) is 15.5 Å². The molecule has 1 atom stereocenters. The molecule has 30 heavy (non-hydrogen) atoms. The number of urea groups is 2. The highest BCUT2D eigenvalue weighted by Gasteiger charge is 2.49. The number of rotatable bonds is 5. The third kappa shape index (κ3) is 4.43. The van der Waals surface area contributed by atoms with Gasteiger partial charge in [-0.05, 0) is 48.9 Å². The summed E-state index contributed by atoms with van der Waals surface area (Å²) >= 11 is 3.28. The molecular formula is C20H19BrN4O5. The van der Waals surface area contributed by atoms with Crippen molar-refractivity contribution in [1.29, 1.82) is 0 Å². The van der Waals surface area contributed by atoms with Gasteiger partial charge >= 0.3 is 12.1 Å². The average Bonchev–Trinajstić information content (AvgIpc) is 2.93. The maximum atomic E-state index is 12.9. The average molecular weight is 475 g/mol. The third-order valence-electron chi connectivity index (χ3n) is 4.60. The van der Waals surface area contributed by atoms with E-state index in [9.17, 15) is 19.2 Å². The van der Waals surface area contributed by atoms with Crippen molar-refractivity contribution in [2.75, 3.05) is 19.0 Å². The number of nitrogens with one attached hydrogen (secondary N) is 3. The number of carbonyl (C=O) groups is 4. The van der Waals surface area contributed by atoms with Gasteiger partial charge in [0, 0.05) is 10.2 Å². The molecule has 1 unspecified atom stereocenters. The zero-order valence-corrected chi connectivity index (χ0v) is 17.8. The molecule has 0 spiro atoms. The Hall–Kier alpha value is -3.40. The molecule has 0 aliphatic carbocycles. The monoisotopic (exact) mass is 474 g/mol. The van der Waals surface area contributed by atoms with Crippen LogP contribution in [-0.2, 0) is 15.1 Å². The highest BCUT2D eigenvalue weighted by atomic mass is 79.9. The number of halogens is 1. The van der Waals surface area contributed by atoms with Crippen LogP contribution in [-0.4, -0.2) is 42.4 Å². The van der Waals surface area contributed by atoms with E-state index >= 15 is 0 Å². The summed E-state index contributed by atoms with van der Waals surface area (Å²) in [6.07, 6.45) is 0. The Kier molecular flexibility index (Phi) is 6.06. The van der Waals surface area contributed by atoms with Crippen molar-refractivity contribution in [3.8, 4) is 5.75 Å². The minimum absolute atomic E-state index is 0.477. The second-order valence-corrected chi connectivity index (χ2v) is 7.60. The zero-order chi connectivity index (χ0) is 21.9. The van der Waals surface area contributed by atoms with Crippen LogP contribution in [0.15, 0.2) is 53.0 Å². The fourth-order valence-electron chi connectivity index (χ4n) is 2.97. The molecule has 0 saturated carbocycles. The van der Waals surface area contributed by atoms with Crippen molar-refractivity contribution < 1.29 is 23.9 Å². The van der Waals surface area contributed by atoms with Gasteiger partial charge in [0.2, 0.25) is 5.91 Å². The summed E-state index contributed by atoms with van der Waals surface area (Å²) in [7, 11) is 1.52. The number of hydrogen-bond acceptors (Lipinski definition) is 5. The Morgan fingerprint density at radius 3 is 2.33 bits per heavy atom. The van der Waals surface area contributed by atoms with Gasteiger partial charge in [0.15, 0.2) is 0 Å². The summed E-state index contributed by atoms with van der Waals surface area (Å²) in [5.74, 6) is -0.791. The second kappa shape index (κ2) is 8.54.